The maximum atomic E-state index is 6.03. The molecule has 1 saturated carbocycles. The minimum atomic E-state index is -0.132. The highest BCUT2D eigenvalue weighted by atomic mass is 79.9. The van der Waals surface area contributed by atoms with E-state index in [2.05, 4.69) is 27.0 Å². The average molecular weight is 227 g/mol. The van der Waals surface area contributed by atoms with Crippen LogP contribution >= 0.6 is 15.9 Å². The zero-order valence-electron chi connectivity index (χ0n) is 6.97. The fourth-order valence-electron chi connectivity index (χ4n) is 1.27. The highest BCUT2D eigenvalue weighted by Gasteiger charge is 2.42. The molecule has 1 heterocycles. The van der Waals surface area contributed by atoms with Crippen LogP contribution in [-0.2, 0) is 5.54 Å². The minimum absolute atomic E-state index is 0.132. The van der Waals surface area contributed by atoms with Gasteiger partial charge in [-0.05, 0) is 47.3 Å². The Labute approximate surface area is 80.3 Å². The van der Waals surface area contributed by atoms with Crippen molar-refractivity contribution in [1.82, 2.24) is 4.98 Å². The highest BCUT2D eigenvalue weighted by Crippen LogP contribution is 2.44. The Kier molecular flexibility index (Phi) is 1.73. The number of hydrogen-bond donors (Lipinski definition) is 1. The van der Waals surface area contributed by atoms with Gasteiger partial charge in [-0.2, -0.15) is 0 Å². The number of nitrogens with zero attached hydrogens (tertiary/aromatic N) is 1. The molecule has 12 heavy (non-hydrogen) atoms. The minimum Gasteiger partial charge on any atom is -0.320 e. The van der Waals surface area contributed by atoms with Crippen molar-refractivity contribution in [3.8, 4) is 0 Å². The van der Waals surface area contributed by atoms with Crippen molar-refractivity contribution in [2.75, 3.05) is 0 Å². The molecular formula is C9H11BrN2. The Bertz CT molecular complexity index is 318. The Morgan fingerprint density at radius 3 is 2.75 bits per heavy atom. The summed E-state index contributed by atoms with van der Waals surface area (Å²) in [4.78, 5) is 4.34. The van der Waals surface area contributed by atoms with Crippen LogP contribution in [0.1, 0.15) is 24.1 Å². The second-order valence-corrected chi connectivity index (χ2v) is 4.35. The molecule has 0 aliphatic heterocycles. The molecule has 1 fully saturated rings. The quantitative estimate of drug-likeness (QED) is 0.797. The fraction of sp³-hybridized carbons (Fsp3) is 0.444. The molecule has 3 heteroatoms. The Hall–Kier alpha value is -0.410. The molecule has 0 saturated heterocycles. The number of nitrogens with two attached hydrogens (primary N) is 1. The van der Waals surface area contributed by atoms with Gasteiger partial charge in [0.15, 0.2) is 0 Å². The number of rotatable bonds is 1. The molecular weight excluding hydrogens is 216 g/mol. The highest BCUT2D eigenvalue weighted by molar-refractivity contribution is 9.10. The van der Waals surface area contributed by atoms with E-state index in [-0.39, 0.29) is 5.54 Å². The normalized spacial score (nSPS) is 19.2. The first kappa shape index (κ1) is 8.20. The maximum Gasteiger partial charge on any atom is 0.0744 e. The molecule has 64 valence electrons. The SMILES string of the molecule is Cc1cnc(C2(N)CC2)c(Br)c1. The summed E-state index contributed by atoms with van der Waals surface area (Å²) >= 11 is 3.48. The molecule has 0 spiro atoms. The van der Waals surface area contributed by atoms with Crippen molar-refractivity contribution in [2.24, 2.45) is 5.73 Å². The maximum absolute atomic E-state index is 6.03. The number of halogens is 1. The third kappa shape index (κ3) is 1.27. The smallest absolute Gasteiger partial charge is 0.0744 e. The fourth-order valence-corrected chi connectivity index (χ4v) is 2.13. The van der Waals surface area contributed by atoms with E-state index in [4.69, 9.17) is 5.73 Å². The molecule has 0 aromatic carbocycles. The summed E-state index contributed by atoms with van der Waals surface area (Å²) in [7, 11) is 0. The molecule has 2 nitrogen and oxygen atoms in total. The van der Waals surface area contributed by atoms with Crippen molar-refractivity contribution < 1.29 is 0 Å². The summed E-state index contributed by atoms with van der Waals surface area (Å²) in [6, 6.07) is 2.06. The predicted molar refractivity (Wildman–Crippen MR) is 51.8 cm³/mol. The standard InChI is InChI=1S/C9H11BrN2/c1-6-4-7(10)8(12-5-6)9(11)2-3-9/h4-5H,2-3,11H2,1H3. The van der Waals surface area contributed by atoms with Crippen LogP contribution in [-0.4, -0.2) is 4.98 Å². The lowest BCUT2D eigenvalue weighted by Crippen LogP contribution is -2.20. The van der Waals surface area contributed by atoms with Gasteiger partial charge in [0.05, 0.1) is 11.2 Å². The summed E-state index contributed by atoms with van der Waals surface area (Å²) in [6.45, 7) is 2.03. The molecule has 2 rings (SSSR count). The van der Waals surface area contributed by atoms with E-state index in [1.54, 1.807) is 0 Å². The van der Waals surface area contributed by atoms with Crippen LogP contribution in [0.15, 0.2) is 16.7 Å². The van der Waals surface area contributed by atoms with E-state index < -0.39 is 0 Å². The van der Waals surface area contributed by atoms with E-state index in [0.29, 0.717) is 0 Å². The molecule has 0 amide bonds. The lowest BCUT2D eigenvalue weighted by molar-refractivity contribution is 0.702. The summed E-state index contributed by atoms with van der Waals surface area (Å²) in [5.41, 5.74) is 8.06. The molecule has 0 atom stereocenters. The van der Waals surface area contributed by atoms with E-state index in [1.165, 1.54) is 0 Å². The molecule has 0 unspecified atom stereocenters. The number of aryl methyl sites for hydroxylation is 1. The van der Waals surface area contributed by atoms with Gasteiger partial charge in [-0.1, -0.05) is 0 Å². The zero-order chi connectivity index (χ0) is 8.77. The average Bonchev–Trinajstić information content (AvgIpc) is 2.68. The third-order valence-corrected chi connectivity index (χ3v) is 2.84. The van der Waals surface area contributed by atoms with Crippen molar-refractivity contribution in [3.05, 3.63) is 28.0 Å². The Balaban J connectivity index is 2.45. The monoisotopic (exact) mass is 226 g/mol. The van der Waals surface area contributed by atoms with Gasteiger partial charge in [0.1, 0.15) is 0 Å². The van der Waals surface area contributed by atoms with Gasteiger partial charge in [-0.15, -0.1) is 0 Å². The van der Waals surface area contributed by atoms with Gasteiger partial charge in [0.25, 0.3) is 0 Å². The predicted octanol–water partition coefficient (Wildman–Crippen LogP) is 2.10. The molecule has 1 aliphatic carbocycles. The van der Waals surface area contributed by atoms with Crippen LogP contribution in [0.4, 0.5) is 0 Å². The van der Waals surface area contributed by atoms with Crippen molar-refractivity contribution >= 4 is 15.9 Å². The van der Waals surface area contributed by atoms with Crippen LogP contribution < -0.4 is 5.73 Å². The third-order valence-electron chi connectivity index (χ3n) is 2.24. The van der Waals surface area contributed by atoms with Gasteiger partial charge in [-0.25, -0.2) is 0 Å². The Morgan fingerprint density at radius 2 is 2.25 bits per heavy atom. The van der Waals surface area contributed by atoms with Gasteiger partial charge < -0.3 is 5.73 Å². The molecule has 2 N–H and O–H groups in total. The van der Waals surface area contributed by atoms with Crippen molar-refractivity contribution in [2.45, 2.75) is 25.3 Å². The number of hydrogen-bond acceptors (Lipinski definition) is 2. The van der Waals surface area contributed by atoms with Gasteiger partial charge in [0.2, 0.25) is 0 Å². The van der Waals surface area contributed by atoms with Crippen LogP contribution in [0.5, 0.6) is 0 Å². The van der Waals surface area contributed by atoms with Crippen molar-refractivity contribution in [1.29, 1.82) is 0 Å². The van der Waals surface area contributed by atoms with E-state index in [0.717, 1.165) is 28.6 Å². The zero-order valence-corrected chi connectivity index (χ0v) is 8.56. The van der Waals surface area contributed by atoms with Crippen LogP contribution in [0.3, 0.4) is 0 Å². The van der Waals surface area contributed by atoms with E-state index >= 15 is 0 Å². The van der Waals surface area contributed by atoms with Crippen LogP contribution in [0.2, 0.25) is 0 Å². The molecule has 1 aromatic rings. The van der Waals surface area contributed by atoms with E-state index in [1.807, 2.05) is 13.1 Å². The molecule has 0 bridgehead atoms. The number of aromatic nitrogens is 1. The molecule has 1 aromatic heterocycles. The lowest BCUT2D eigenvalue weighted by atomic mass is 10.1. The lowest BCUT2D eigenvalue weighted by Gasteiger charge is -2.10. The summed E-state index contributed by atoms with van der Waals surface area (Å²) in [5.74, 6) is 0. The summed E-state index contributed by atoms with van der Waals surface area (Å²) in [6.07, 6.45) is 3.98. The summed E-state index contributed by atoms with van der Waals surface area (Å²) < 4.78 is 1.04. The number of pyridine rings is 1. The first-order valence-corrected chi connectivity index (χ1v) is 4.83. The molecule has 1 aliphatic rings. The van der Waals surface area contributed by atoms with Gasteiger partial charge in [0, 0.05) is 10.7 Å². The summed E-state index contributed by atoms with van der Waals surface area (Å²) in [5, 5.41) is 0. The second-order valence-electron chi connectivity index (χ2n) is 3.50. The second kappa shape index (κ2) is 2.54. The van der Waals surface area contributed by atoms with Gasteiger partial charge >= 0.3 is 0 Å². The van der Waals surface area contributed by atoms with Crippen LogP contribution in [0.25, 0.3) is 0 Å². The first-order chi connectivity index (χ1) is 5.62. The Morgan fingerprint density at radius 1 is 1.58 bits per heavy atom. The topological polar surface area (TPSA) is 38.9 Å². The van der Waals surface area contributed by atoms with Crippen LogP contribution in [0, 0.1) is 6.92 Å². The largest absolute Gasteiger partial charge is 0.320 e. The first-order valence-electron chi connectivity index (χ1n) is 4.03. The van der Waals surface area contributed by atoms with Crippen molar-refractivity contribution in [3.63, 3.8) is 0 Å². The molecule has 0 radical (unpaired) electrons. The van der Waals surface area contributed by atoms with E-state index in [9.17, 15) is 0 Å². The van der Waals surface area contributed by atoms with Gasteiger partial charge in [-0.3, -0.25) is 4.98 Å².